The molecule has 1 atom stereocenters. The van der Waals surface area contributed by atoms with E-state index in [0.29, 0.717) is 33.9 Å². The van der Waals surface area contributed by atoms with Crippen molar-refractivity contribution in [2.45, 2.75) is 6.23 Å². The lowest BCUT2D eigenvalue weighted by molar-refractivity contribution is -0.297. The molecule has 0 spiro atoms. The van der Waals surface area contributed by atoms with Gasteiger partial charge in [-0.2, -0.15) is 0 Å². The van der Waals surface area contributed by atoms with Crippen LogP contribution in [0, 0.1) is 0 Å². The number of aliphatic carboxylic acids is 1. The van der Waals surface area contributed by atoms with E-state index in [1.54, 1.807) is 36.4 Å². The molecule has 134 valence electrons. The highest BCUT2D eigenvalue weighted by Gasteiger charge is 2.35. The quantitative estimate of drug-likeness (QED) is 0.623. The number of carboxylic acid groups (broad SMARTS) is 1. The first kappa shape index (κ1) is 17.3. The van der Waals surface area contributed by atoms with Crippen molar-refractivity contribution in [2.75, 3.05) is 19.5 Å². The van der Waals surface area contributed by atoms with Crippen LogP contribution in [0.5, 0.6) is 11.5 Å². The van der Waals surface area contributed by atoms with Gasteiger partial charge in [0, 0.05) is 11.3 Å². The van der Waals surface area contributed by atoms with Gasteiger partial charge in [-0.15, -0.1) is 0 Å². The summed E-state index contributed by atoms with van der Waals surface area (Å²) < 4.78 is 15.9. The van der Waals surface area contributed by atoms with Gasteiger partial charge < -0.3 is 29.4 Å². The number of cyclic esters (lactones) is 1. The number of hydrogen-bond donors (Lipinski definition) is 1. The Hall–Kier alpha value is -3.48. The molecule has 7 nitrogen and oxygen atoms in total. The number of nitrogens with one attached hydrogen (secondary N) is 1. The summed E-state index contributed by atoms with van der Waals surface area (Å²) in [6.07, 6.45) is 1.67. The molecule has 0 amide bonds. The van der Waals surface area contributed by atoms with Crippen molar-refractivity contribution in [3.8, 4) is 11.5 Å². The van der Waals surface area contributed by atoms with Crippen molar-refractivity contribution in [3.63, 3.8) is 0 Å². The molecule has 0 fully saturated rings. The molecule has 0 saturated heterocycles. The van der Waals surface area contributed by atoms with Gasteiger partial charge in [0.25, 0.3) is 0 Å². The number of carbonyl (C=O) groups excluding carboxylic acids is 2. The normalized spacial score (nSPS) is 15.5. The molecular weight excluding hydrogens is 338 g/mol. The molecule has 1 heterocycles. The molecule has 0 unspecified atom stereocenters. The molecule has 2 aromatic rings. The van der Waals surface area contributed by atoms with E-state index in [0.717, 1.165) is 6.08 Å². The van der Waals surface area contributed by atoms with Gasteiger partial charge in [0.1, 0.15) is 5.56 Å². The highest BCUT2D eigenvalue weighted by Crippen LogP contribution is 2.42. The van der Waals surface area contributed by atoms with Crippen LogP contribution in [0.1, 0.15) is 27.7 Å². The topological polar surface area (TPSA) is 96.9 Å². The lowest BCUT2D eigenvalue weighted by atomic mass is 10.1. The number of fused-ring (bicyclic) bond motifs is 1. The zero-order valence-corrected chi connectivity index (χ0v) is 14.1. The predicted octanol–water partition coefficient (Wildman–Crippen LogP) is 1.75. The fraction of sp³-hybridized carbons (Fsp3) is 0.158. The second-order valence-corrected chi connectivity index (χ2v) is 5.47. The van der Waals surface area contributed by atoms with Crippen molar-refractivity contribution >= 4 is 23.7 Å². The van der Waals surface area contributed by atoms with Crippen molar-refractivity contribution in [1.82, 2.24) is 0 Å². The number of ether oxygens (including phenoxy) is 3. The zero-order valence-electron chi connectivity index (χ0n) is 14.1. The van der Waals surface area contributed by atoms with Crippen molar-refractivity contribution in [3.05, 3.63) is 59.2 Å². The number of rotatable bonds is 6. The summed E-state index contributed by atoms with van der Waals surface area (Å²) in [5.74, 6) is -1.02. The molecule has 0 saturated carbocycles. The monoisotopic (exact) mass is 354 g/mol. The number of hydrogen-bond acceptors (Lipinski definition) is 7. The molecule has 7 heteroatoms. The SMILES string of the molecule is COc1ccc2c(c1OC)C(=O)O[C@@H]2Nc1cccc(/C=C\C(=O)[O-])c1. The maximum Gasteiger partial charge on any atom is 0.344 e. The van der Waals surface area contributed by atoms with E-state index < -0.39 is 18.2 Å². The number of carboxylic acids is 1. The Morgan fingerprint density at radius 3 is 2.73 bits per heavy atom. The van der Waals surface area contributed by atoms with Crippen LogP contribution in [-0.2, 0) is 9.53 Å². The van der Waals surface area contributed by atoms with Gasteiger partial charge in [-0.1, -0.05) is 18.2 Å². The van der Waals surface area contributed by atoms with Crippen LogP contribution in [0.25, 0.3) is 6.08 Å². The molecule has 0 radical (unpaired) electrons. The largest absolute Gasteiger partial charge is 0.545 e. The summed E-state index contributed by atoms with van der Waals surface area (Å²) in [4.78, 5) is 22.8. The average molecular weight is 354 g/mol. The second-order valence-electron chi connectivity index (χ2n) is 5.47. The third kappa shape index (κ3) is 3.32. The summed E-state index contributed by atoms with van der Waals surface area (Å²) in [5, 5.41) is 13.6. The maximum absolute atomic E-state index is 12.3. The maximum atomic E-state index is 12.3. The van der Waals surface area contributed by atoms with E-state index in [9.17, 15) is 14.7 Å². The zero-order chi connectivity index (χ0) is 18.7. The minimum Gasteiger partial charge on any atom is -0.545 e. The number of benzene rings is 2. The van der Waals surface area contributed by atoms with Gasteiger partial charge in [0.05, 0.1) is 20.2 Å². The van der Waals surface area contributed by atoms with Gasteiger partial charge >= 0.3 is 5.97 Å². The Balaban J connectivity index is 1.89. The van der Waals surface area contributed by atoms with Crippen LogP contribution in [-0.4, -0.2) is 26.2 Å². The van der Waals surface area contributed by atoms with Gasteiger partial charge in [0.15, 0.2) is 11.5 Å². The number of esters is 1. The van der Waals surface area contributed by atoms with Crippen molar-refractivity contribution < 1.29 is 28.9 Å². The lowest BCUT2D eigenvalue weighted by Gasteiger charge is -2.15. The van der Waals surface area contributed by atoms with Crippen LogP contribution < -0.4 is 19.9 Å². The van der Waals surface area contributed by atoms with E-state index in [-0.39, 0.29) is 0 Å². The Morgan fingerprint density at radius 1 is 1.23 bits per heavy atom. The summed E-state index contributed by atoms with van der Waals surface area (Å²) in [6.45, 7) is 0. The van der Waals surface area contributed by atoms with Crippen LogP contribution >= 0.6 is 0 Å². The van der Waals surface area contributed by atoms with E-state index in [1.165, 1.54) is 20.3 Å². The summed E-state index contributed by atoms with van der Waals surface area (Å²) in [5.41, 5.74) is 2.27. The third-order valence-corrected chi connectivity index (χ3v) is 3.89. The van der Waals surface area contributed by atoms with Gasteiger partial charge in [-0.3, -0.25) is 0 Å². The fourth-order valence-electron chi connectivity index (χ4n) is 2.76. The van der Waals surface area contributed by atoms with E-state index in [4.69, 9.17) is 14.2 Å². The first-order valence-corrected chi connectivity index (χ1v) is 7.75. The summed E-state index contributed by atoms with van der Waals surface area (Å²) >= 11 is 0. The summed E-state index contributed by atoms with van der Waals surface area (Å²) in [6, 6.07) is 10.4. The van der Waals surface area contributed by atoms with E-state index in [2.05, 4.69) is 5.32 Å². The smallest absolute Gasteiger partial charge is 0.344 e. The third-order valence-electron chi connectivity index (χ3n) is 3.89. The molecular formula is C19H16NO6-. The lowest BCUT2D eigenvalue weighted by Crippen LogP contribution is -2.18. The van der Waals surface area contributed by atoms with E-state index >= 15 is 0 Å². The summed E-state index contributed by atoms with van der Waals surface area (Å²) in [7, 11) is 2.95. The highest BCUT2D eigenvalue weighted by molar-refractivity contribution is 5.98. The van der Waals surface area contributed by atoms with Crippen molar-refractivity contribution in [1.29, 1.82) is 0 Å². The number of carbonyl (C=O) groups is 2. The molecule has 26 heavy (non-hydrogen) atoms. The van der Waals surface area contributed by atoms with Crippen LogP contribution in [0.3, 0.4) is 0 Å². The predicted molar refractivity (Wildman–Crippen MR) is 91.8 cm³/mol. The molecule has 0 aliphatic carbocycles. The highest BCUT2D eigenvalue weighted by atomic mass is 16.6. The van der Waals surface area contributed by atoms with Gasteiger partial charge in [-0.25, -0.2) is 4.79 Å². The van der Waals surface area contributed by atoms with Gasteiger partial charge in [0.2, 0.25) is 6.23 Å². The number of methoxy groups -OCH3 is 2. The first-order valence-electron chi connectivity index (χ1n) is 7.75. The molecule has 2 aromatic carbocycles. The molecule has 1 N–H and O–H groups in total. The van der Waals surface area contributed by atoms with Crippen LogP contribution in [0.2, 0.25) is 0 Å². The average Bonchev–Trinajstić information content (AvgIpc) is 2.95. The molecule has 1 aliphatic heterocycles. The minimum absolute atomic E-state index is 0.317. The standard InChI is InChI=1S/C19H17NO6/c1-24-14-8-7-13-16(17(14)25-2)19(23)26-18(13)20-12-5-3-4-11(10-12)6-9-15(21)22/h3-10,18,20H,1-2H3,(H,21,22)/p-1/b9-6-/t18-/m0/s1. The van der Waals surface area contributed by atoms with Crippen LogP contribution in [0.4, 0.5) is 5.69 Å². The molecule has 0 aromatic heterocycles. The fourth-order valence-corrected chi connectivity index (χ4v) is 2.76. The Morgan fingerprint density at radius 2 is 2.04 bits per heavy atom. The van der Waals surface area contributed by atoms with Crippen LogP contribution in [0.15, 0.2) is 42.5 Å². The Labute approximate surface area is 149 Å². The Bertz CT molecular complexity index is 890. The second kappa shape index (κ2) is 7.18. The van der Waals surface area contributed by atoms with Crippen molar-refractivity contribution in [2.24, 2.45) is 0 Å². The Kier molecular flexibility index (Phi) is 4.79. The number of anilines is 1. The molecule has 3 rings (SSSR count). The molecule has 0 bridgehead atoms. The first-order chi connectivity index (χ1) is 12.5. The molecule has 1 aliphatic rings. The van der Waals surface area contributed by atoms with Gasteiger partial charge in [-0.05, 0) is 35.9 Å². The van der Waals surface area contributed by atoms with E-state index in [1.807, 2.05) is 0 Å². The minimum atomic E-state index is -1.27.